The standard InChI is InChI=1S/C18H20N6O2/c1-23(2)17-9-8-12(11-20-17)18-21-16(10-15(19)25)22-24(18)13-6-4-5-7-14(13)26-3/h4-9,11H,10H2,1-3H3,(H2,19,25). The van der Waals surface area contributed by atoms with E-state index in [1.54, 1.807) is 18.0 Å². The highest BCUT2D eigenvalue weighted by Crippen LogP contribution is 2.27. The van der Waals surface area contributed by atoms with Crippen molar-refractivity contribution >= 4 is 11.7 Å². The molecule has 0 aliphatic carbocycles. The number of amides is 1. The third-order valence-electron chi connectivity index (χ3n) is 3.76. The fourth-order valence-corrected chi connectivity index (χ4v) is 2.53. The topological polar surface area (TPSA) is 99.2 Å². The molecule has 0 aliphatic rings. The van der Waals surface area contributed by atoms with E-state index in [-0.39, 0.29) is 6.42 Å². The molecule has 0 atom stereocenters. The van der Waals surface area contributed by atoms with Gasteiger partial charge in [0.05, 0.1) is 13.5 Å². The SMILES string of the molecule is COc1ccccc1-n1nc(CC(N)=O)nc1-c1ccc(N(C)C)nc1. The van der Waals surface area contributed by atoms with E-state index >= 15 is 0 Å². The lowest BCUT2D eigenvalue weighted by atomic mass is 10.2. The molecule has 8 nitrogen and oxygen atoms in total. The number of nitrogens with zero attached hydrogens (tertiary/aromatic N) is 5. The number of anilines is 1. The number of carbonyl (C=O) groups excluding carboxylic acids is 1. The number of nitrogens with two attached hydrogens (primary N) is 1. The van der Waals surface area contributed by atoms with Crippen LogP contribution in [0.1, 0.15) is 5.82 Å². The van der Waals surface area contributed by atoms with Crippen molar-refractivity contribution in [1.82, 2.24) is 19.7 Å². The first-order chi connectivity index (χ1) is 12.5. The summed E-state index contributed by atoms with van der Waals surface area (Å²) in [6.07, 6.45) is 1.68. The van der Waals surface area contributed by atoms with E-state index in [1.165, 1.54) is 0 Å². The van der Waals surface area contributed by atoms with Crippen molar-refractivity contribution in [2.75, 3.05) is 26.1 Å². The zero-order valence-electron chi connectivity index (χ0n) is 14.9. The van der Waals surface area contributed by atoms with Gasteiger partial charge in [0.15, 0.2) is 11.6 Å². The molecule has 3 aromatic rings. The summed E-state index contributed by atoms with van der Waals surface area (Å²) < 4.78 is 7.07. The van der Waals surface area contributed by atoms with Gasteiger partial charge in [-0.2, -0.15) is 5.10 Å². The predicted octanol–water partition coefficient (Wildman–Crippen LogP) is 1.43. The number of benzene rings is 1. The number of pyridine rings is 1. The highest BCUT2D eigenvalue weighted by Gasteiger charge is 2.18. The summed E-state index contributed by atoms with van der Waals surface area (Å²) in [7, 11) is 5.43. The van der Waals surface area contributed by atoms with Crippen molar-refractivity contribution in [2.45, 2.75) is 6.42 Å². The van der Waals surface area contributed by atoms with Crippen LogP contribution in [0.3, 0.4) is 0 Å². The van der Waals surface area contributed by atoms with Gasteiger partial charge in [-0.1, -0.05) is 12.1 Å². The van der Waals surface area contributed by atoms with Crippen molar-refractivity contribution in [3.63, 3.8) is 0 Å². The summed E-state index contributed by atoms with van der Waals surface area (Å²) in [6.45, 7) is 0. The third-order valence-corrected chi connectivity index (χ3v) is 3.76. The summed E-state index contributed by atoms with van der Waals surface area (Å²) in [4.78, 5) is 22.1. The fraction of sp³-hybridized carbons (Fsp3) is 0.222. The molecule has 8 heteroatoms. The first-order valence-corrected chi connectivity index (χ1v) is 8.01. The van der Waals surface area contributed by atoms with E-state index in [0.29, 0.717) is 23.1 Å². The summed E-state index contributed by atoms with van der Waals surface area (Å²) >= 11 is 0. The van der Waals surface area contributed by atoms with Crippen LogP contribution in [0.15, 0.2) is 42.6 Å². The average Bonchev–Trinajstić information content (AvgIpc) is 3.04. The molecule has 0 aliphatic heterocycles. The second kappa shape index (κ2) is 7.22. The normalized spacial score (nSPS) is 10.6. The Morgan fingerprint density at radius 1 is 1.23 bits per heavy atom. The Balaban J connectivity index is 2.13. The Morgan fingerprint density at radius 3 is 2.62 bits per heavy atom. The van der Waals surface area contributed by atoms with Gasteiger partial charge in [-0.3, -0.25) is 4.79 Å². The van der Waals surface area contributed by atoms with E-state index in [1.807, 2.05) is 55.4 Å². The van der Waals surface area contributed by atoms with Crippen LogP contribution in [0.5, 0.6) is 5.75 Å². The minimum Gasteiger partial charge on any atom is -0.494 e. The number of hydrogen-bond donors (Lipinski definition) is 1. The van der Waals surface area contributed by atoms with Gasteiger partial charge in [0.1, 0.15) is 17.3 Å². The average molecular weight is 352 g/mol. The smallest absolute Gasteiger partial charge is 0.225 e. The molecule has 0 saturated heterocycles. The molecular weight excluding hydrogens is 332 g/mol. The zero-order valence-corrected chi connectivity index (χ0v) is 14.9. The molecule has 0 saturated carbocycles. The zero-order chi connectivity index (χ0) is 18.7. The Bertz CT molecular complexity index is 918. The van der Waals surface area contributed by atoms with Gasteiger partial charge in [0.2, 0.25) is 5.91 Å². The van der Waals surface area contributed by atoms with E-state index < -0.39 is 5.91 Å². The van der Waals surface area contributed by atoms with Gasteiger partial charge < -0.3 is 15.4 Å². The second-order valence-corrected chi connectivity index (χ2v) is 5.88. The maximum absolute atomic E-state index is 11.3. The van der Waals surface area contributed by atoms with Gasteiger partial charge in [0, 0.05) is 25.9 Å². The minimum absolute atomic E-state index is 0.0433. The maximum Gasteiger partial charge on any atom is 0.225 e. The van der Waals surface area contributed by atoms with Gasteiger partial charge in [-0.05, 0) is 24.3 Å². The lowest BCUT2D eigenvalue weighted by molar-refractivity contribution is -0.117. The van der Waals surface area contributed by atoms with Crippen molar-refractivity contribution in [3.05, 3.63) is 48.4 Å². The van der Waals surface area contributed by atoms with Crippen molar-refractivity contribution in [3.8, 4) is 22.8 Å². The number of aromatic nitrogens is 4. The summed E-state index contributed by atoms with van der Waals surface area (Å²) in [5, 5.41) is 4.45. The predicted molar refractivity (Wildman–Crippen MR) is 98.4 cm³/mol. The van der Waals surface area contributed by atoms with Crippen LogP contribution < -0.4 is 15.4 Å². The van der Waals surface area contributed by atoms with E-state index in [2.05, 4.69) is 15.1 Å². The van der Waals surface area contributed by atoms with Gasteiger partial charge in [-0.15, -0.1) is 0 Å². The number of methoxy groups -OCH3 is 1. The molecule has 0 spiro atoms. The Kier molecular flexibility index (Phi) is 4.83. The molecule has 0 radical (unpaired) electrons. The van der Waals surface area contributed by atoms with Crippen molar-refractivity contribution in [1.29, 1.82) is 0 Å². The molecule has 134 valence electrons. The van der Waals surface area contributed by atoms with Crippen LogP contribution >= 0.6 is 0 Å². The summed E-state index contributed by atoms with van der Waals surface area (Å²) in [5.74, 6) is 1.88. The molecule has 0 unspecified atom stereocenters. The van der Waals surface area contributed by atoms with Gasteiger partial charge >= 0.3 is 0 Å². The van der Waals surface area contributed by atoms with E-state index in [0.717, 1.165) is 11.4 Å². The third kappa shape index (κ3) is 3.49. The number of hydrogen-bond acceptors (Lipinski definition) is 6. The number of para-hydroxylation sites is 2. The fourth-order valence-electron chi connectivity index (χ4n) is 2.53. The molecule has 2 heterocycles. The number of primary amides is 1. The Labute approximate surface area is 151 Å². The Hall–Kier alpha value is -3.42. The highest BCUT2D eigenvalue weighted by atomic mass is 16.5. The molecule has 1 aromatic carbocycles. The molecular formula is C18H20N6O2. The molecule has 3 rings (SSSR count). The van der Waals surface area contributed by atoms with Crippen molar-refractivity contribution in [2.24, 2.45) is 5.73 Å². The number of ether oxygens (including phenoxy) is 1. The lowest BCUT2D eigenvalue weighted by Gasteiger charge is -2.12. The first kappa shape index (κ1) is 17.4. The summed E-state index contributed by atoms with van der Waals surface area (Å²) in [6, 6.07) is 11.3. The number of rotatable bonds is 6. The molecule has 2 N–H and O–H groups in total. The highest BCUT2D eigenvalue weighted by molar-refractivity contribution is 5.76. The van der Waals surface area contributed by atoms with Crippen molar-refractivity contribution < 1.29 is 9.53 Å². The van der Waals surface area contributed by atoms with E-state index in [9.17, 15) is 4.79 Å². The second-order valence-electron chi connectivity index (χ2n) is 5.88. The maximum atomic E-state index is 11.3. The molecule has 26 heavy (non-hydrogen) atoms. The molecule has 0 fully saturated rings. The van der Waals surface area contributed by atoms with Gasteiger partial charge in [0.25, 0.3) is 0 Å². The van der Waals surface area contributed by atoms with Crippen LogP contribution in [0, 0.1) is 0 Å². The van der Waals surface area contributed by atoms with E-state index in [4.69, 9.17) is 10.5 Å². The quantitative estimate of drug-likeness (QED) is 0.720. The van der Waals surface area contributed by atoms with Crippen LogP contribution in [0.25, 0.3) is 17.1 Å². The first-order valence-electron chi connectivity index (χ1n) is 8.01. The van der Waals surface area contributed by atoms with Crippen LogP contribution in [-0.4, -0.2) is 46.9 Å². The summed E-state index contributed by atoms with van der Waals surface area (Å²) in [5.41, 5.74) is 6.78. The van der Waals surface area contributed by atoms with Crippen LogP contribution in [0.4, 0.5) is 5.82 Å². The monoisotopic (exact) mass is 352 g/mol. The molecule has 2 aromatic heterocycles. The van der Waals surface area contributed by atoms with Crippen LogP contribution in [0.2, 0.25) is 0 Å². The minimum atomic E-state index is -0.491. The lowest BCUT2D eigenvalue weighted by Crippen LogP contribution is -2.14. The van der Waals surface area contributed by atoms with Gasteiger partial charge in [-0.25, -0.2) is 14.6 Å². The molecule has 0 bridgehead atoms. The largest absolute Gasteiger partial charge is 0.494 e. The molecule has 1 amide bonds. The number of carbonyl (C=O) groups is 1. The van der Waals surface area contributed by atoms with Crippen LogP contribution in [-0.2, 0) is 11.2 Å². The Morgan fingerprint density at radius 2 is 2.00 bits per heavy atom.